The zero-order valence-corrected chi connectivity index (χ0v) is 25.8. The molecule has 0 amide bonds. The van der Waals surface area contributed by atoms with Gasteiger partial charge < -0.3 is 9.84 Å². The Labute approximate surface area is 252 Å². The maximum Gasteiger partial charge on any atom is 0.157 e. The van der Waals surface area contributed by atoms with Crippen LogP contribution in [0.1, 0.15) is 68.1 Å². The summed E-state index contributed by atoms with van der Waals surface area (Å²) in [5, 5.41) is 14.2. The van der Waals surface area contributed by atoms with Gasteiger partial charge in [0, 0.05) is 0 Å². The Bertz CT molecular complexity index is 1250. The van der Waals surface area contributed by atoms with Gasteiger partial charge in [-0.05, 0) is 18.2 Å². The number of phenolic OH excluding ortho intramolecular Hbond substituents is 1. The van der Waals surface area contributed by atoms with E-state index >= 15 is 0 Å². The molecule has 4 aromatic carbocycles. The van der Waals surface area contributed by atoms with Gasteiger partial charge >= 0.3 is 195 Å². The van der Waals surface area contributed by atoms with Gasteiger partial charge in [-0.25, -0.2) is 4.79 Å². The minimum absolute atomic E-state index is 0.00978. The molecule has 0 aliphatic carbocycles. The standard InChI is InChI=1S/C37H45O4P/c1-40-36-30-31(26-27-35(36)38)37(39)41-28-18-7-5-3-2-4-6-8-19-29-42(32-20-12-9-13-21-32,33-22-14-10-15-23-33)34-24-16-11-17-25-34/h9-17,20-27,30,38,42H,2-8,18-19,28-29H2,1H3. The van der Waals surface area contributed by atoms with Crippen molar-refractivity contribution in [3.63, 3.8) is 0 Å². The first-order valence-electron chi connectivity index (χ1n) is 15.4. The maximum absolute atomic E-state index is 12.2. The second kappa shape index (κ2) is 16.7. The predicted octanol–water partition coefficient (Wildman–Crippen LogP) is 7.79. The molecule has 0 saturated heterocycles. The molecule has 4 aromatic rings. The molecule has 42 heavy (non-hydrogen) atoms. The molecule has 0 unspecified atom stereocenters. The van der Waals surface area contributed by atoms with Crippen LogP contribution in [0.2, 0.25) is 0 Å². The van der Waals surface area contributed by atoms with Crippen molar-refractivity contribution in [2.24, 2.45) is 0 Å². The first-order valence-corrected chi connectivity index (χ1v) is 17.6. The molecule has 4 nitrogen and oxygen atoms in total. The van der Waals surface area contributed by atoms with Crippen LogP contribution in [0.15, 0.2) is 109 Å². The van der Waals surface area contributed by atoms with Gasteiger partial charge in [0.1, 0.15) is 0 Å². The Balaban J connectivity index is 1.17. The van der Waals surface area contributed by atoms with Crippen LogP contribution in [-0.2, 0) is 4.74 Å². The third-order valence-electron chi connectivity index (χ3n) is 8.14. The van der Waals surface area contributed by atoms with E-state index in [0.717, 1.165) is 19.3 Å². The van der Waals surface area contributed by atoms with E-state index in [2.05, 4.69) is 91.0 Å². The van der Waals surface area contributed by atoms with Gasteiger partial charge in [-0.15, -0.1) is 0 Å². The predicted molar refractivity (Wildman–Crippen MR) is 178 cm³/mol. The molecule has 0 aliphatic rings. The molecule has 0 heterocycles. The van der Waals surface area contributed by atoms with Crippen LogP contribution in [0, 0.1) is 0 Å². The second-order valence-electron chi connectivity index (χ2n) is 11.0. The van der Waals surface area contributed by atoms with Crippen LogP contribution >= 0.6 is 7.26 Å². The summed E-state index contributed by atoms with van der Waals surface area (Å²) in [6.45, 7) is 0.415. The van der Waals surface area contributed by atoms with Gasteiger partial charge in [0.15, 0.2) is 11.5 Å². The summed E-state index contributed by atoms with van der Waals surface area (Å²) >= 11 is 0. The second-order valence-corrected chi connectivity index (χ2v) is 15.0. The number of phenols is 1. The van der Waals surface area contributed by atoms with E-state index in [-0.39, 0.29) is 17.5 Å². The van der Waals surface area contributed by atoms with Crippen molar-refractivity contribution >= 4 is 29.1 Å². The number of hydrogen-bond donors (Lipinski definition) is 1. The number of methoxy groups -OCH3 is 1. The summed E-state index contributed by atoms with van der Waals surface area (Å²) < 4.78 is 10.5. The maximum atomic E-state index is 12.2. The average Bonchev–Trinajstić information content (AvgIpc) is 3.05. The fraction of sp³-hybridized carbons (Fsp3) is 0.324. The van der Waals surface area contributed by atoms with Gasteiger partial charge in [0.25, 0.3) is 0 Å². The molecule has 0 saturated carbocycles. The smallest absolute Gasteiger partial charge is 0.157 e. The van der Waals surface area contributed by atoms with Gasteiger partial charge in [0.05, 0.1) is 12.7 Å². The molecule has 0 radical (unpaired) electrons. The fourth-order valence-corrected chi connectivity index (χ4v) is 10.8. The zero-order chi connectivity index (χ0) is 29.5. The topological polar surface area (TPSA) is 55.8 Å². The Kier molecular flexibility index (Phi) is 12.5. The minimum Gasteiger partial charge on any atom is -0.504 e. The molecule has 0 spiro atoms. The number of ether oxygens (including phenoxy) is 2. The summed E-state index contributed by atoms with van der Waals surface area (Å²) in [7, 11) is -0.650. The molecule has 5 heteroatoms. The molecular weight excluding hydrogens is 539 g/mol. The molecule has 0 fully saturated rings. The van der Waals surface area contributed by atoms with Crippen molar-refractivity contribution < 1.29 is 19.4 Å². The molecular formula is C37H45O4P. The van der Waals surface area contributed by atoms with Crippen LogP contribution in [0.3, 0.4) is 0 Å². The van der Waals surface area contributed by atoms with Crippen molar-refractivity contribution in [2.75, 3.05) is 19.9 Å². The first kappa shape index (κ1) is 31.3. The SMILES string of the molecule is COc1cc(C(=O)OCCCCCCCCCCC[PH](c2ccccc2)(c2ccccc2)c2ccccc2)ccc1O. The number of benzene rings is 4. The van der Waals surface area contributed by atoms with Crippen LogP contribution in [0.4, 0.5) is 0 Å². The van der Waals surface area contributed by atoms with Crippen LogP contribution in [0.25, 0.3) is 0 Å². The Hall–Kier alpha value is -3.62. The van der Waals surface area contributed by atoms with Crippen molar-refractivity contribution in [1.29, 1.82) is 0 Å². The molecule has 0 atom stereocenters. The number of esters is 1. The van der Waals surface area contributed by atoms with Crippen molar-refractivity contribution in [3.05, 3.63) is 115 Å². The van der Waals surface area contributed by atoms with E-state index < -0.39 is 7.26 Å². The summed E-state index contributed by atoms with van der Waals surface area (Å²) in [4.78, 5) is 12.2. The minimum atomic E-state index is -2.11. The quantitative estimate of drug-likeness (QED) is 0.0782. The summed E-state index contributed by atoms with van der Waals surface area (Å²) in [6, 6.07) is 38.1. The van der Waals surface area contributed by atoms with E-state index in [1.807, 2.05) is 0 Å². The van der Waals surface area contributed by atoms with E-state index in [1.54, 1.807) is 6.07 Å². The van der Waals surface area contributed by atoms with Gasteiger partial charge in [-0.3, -0.25) is 0 Å². The number of unbranched alkanes of at least 4 members (excludes halogenated alkanes) is 8. The Morgan fingerprint density at radius 2 is 1.07 bits per heavy atom. The average molecular weight is 585 g/mol. The van der Waals surface area contributed by atoms with Crippen molar-refractivity contribution in [3.8, 4) is 11.5 Å². The van der Waals surface area contributed by atoms with Crippen LogP contribution < -0.4 is 20.7 Å². The summed E-state index contributed by atoms with van der Waals surface area (Å²) in [5.41, 5.74) is 0.390. The molecule has 4 rings (SSSR count). The third-order valence-corrected chi connectivity index (χ3v) is 13.2. The molecule has 1 N–H and O–H groups in total. The first-order chi connectivity index (χ1) is 20.6. The Morgan fingerprint density at radius 3 is 1.55 bits per heavy atom. The van der Waals surface area contributed by atoms with Crippen LogP contribution in [0.5, 0.6) is 11.5 Å². The van der Waals surface area contributed by atoms with E-state index in [0.29, 0.717) is 12.2 Å². The number of carbonyl (C=O) groups is 1. The van der Waals surface area contributed by atoms with Gasteiger partial charge in [-0.2, -0.15) is 0 Å². The third kappa shape index (κ3) is 8.46. The van der Waals surface area contributed by atoms with E-state index in [4.69, 9.17) is 9.47 Å². The molecule has 0 aliphatic heterocycles. The zero-order valence-electron chi connectivity index (χ0n) is 24.8. The largest absolute Gasteiger partial charge is 0.504 e. The monoisotopic (exact) mass is 584 g/mol. The van der Waals surface area contributed by atoms with Crippen molar-refractivity contribution in [2.45, 2.75) is 57.8 Å². The summed E-state index contributed by atoms with van der Waals surface area (Å²) in [5.74, 6) is -0.0998. The fourth-order valence-electron chi connectivity index (χ4n) is 5.88. The number of rotatable bonds is 17. The van der Waals surface area contributed by atoms with Gasteiger partial charge in [-0.1, -0.05) is 0 Å². The molecule has 0 aromatic heterocycles. The summed E-state index contributed by atoms with van der Waals surface area (Å²) in [6.07, 6.45) is 11.8. The van der Waals surface area contributed by atoms with E-state index in [1.165, 1.54) is 79.8 Å². The van der Waals surface area contributed by atoms with E-state index in [9.17, 15) is 9.90 Å². The molecule has 0 bridgehead atoms. The van der Waals surface area contributed by atoms with Crippen molar-refractivity contribution in [1.82, 2.24) is 0 Å². The number of aromatic hydroxyl groups is 1. The molecule has 222 valence electrons. The number of carbonyl (C=O) groups excluding carboxylic acids is 1. The number of hydrogen-bond acceptors (Lipinski definition) is 4. The van der Waals surface area contributed by atoms with Gasteiger partial charge in [0.2, 0.25) is 0 Å². The Morgan fingerprint density at radius 1 is 0.619 bits per heavy atom. The van der Waals surface area contributed by atoms with Crippen LogP contribution in [-0.4, -0.2) is 31.0 Å². The normalized spacial score (nSPS) is 11.6.